The first-order valence-corrected chi connectivity index (χ1v) is 10.8. The molecule has 0 saturated heterocycles. The van der Waals surface area contributed by atoms with E-state index < -0.39 is 11.5 Å². The molecule has 3 aromatic rings. The van der Waals surface area contributed by atoms with Crippen molar-refractivity contribution in [3.05, 3.63) is 74.1 Å². The molecule has 1 aliphatic carbocycles. The second kappa shape index (κ2) is 9.43. The molecule has 7 nitrogen and oxygen atoms in total. The van der Waals surface area contributed by atoms with E-state index in [0.717, 1.165) is 25.7 Å². The molecule has 9 heteroatoms. The Bertz CT molecular complexity index is 1320. The van der Waals surface area contributed by atoms with E-state index in [9.17, 15) is 14.9 Å². The van der Waals surface area contributed by atoms with E-state index in [-0.39, 0.29) is 33.8 Å². The van der Waals surface area contributed by atoms with Crippen LogP contribution in [0.2, 0.25) is 10.0 Å². The molecule has 0 atom stereocenters. The molecular formula is C23H18Cl2N4O3. The van der Waals surface area contributed by atoms with Crippen molar-refractivity contribution in [3.8, 4) is 17.7 Å². The fraction of sp³-hybridized carbons (Fsp3) is 0.217. The zero-order valence-corrected chi connectivity index (χ0v) is 18.4. The molecule has 4 rings (SSSR count). The smallest absolute Gasteiger partial charge is 0.269 e. The van der Waals surface area contributed by atoms with Crippen molar-refractivity contribution in [2.24, 2.45) is 0 Å². The lowest BCUT2D eigenvalue weighted by molar-refractivity contribution is -0.117. The lowest BCUT2D eigenvalue weighted by atomic mass is 10.1. The van der Waals surface area contributed by atoms with Crippen molar-refractivity contribution in [1.29, 1.82) is 5.26 Å². The minimum atomic E-state index is -0.535. The third kappa shape index (κ3) is 4.62. The predicted octanol–water partition coefficient (Wildman–Crippen LogP) is 4.76. The highest BCUT2D eigenvalue weighted by molar-refractivity contribution is 6.35. The van der Waals surface area contributed by atoms with Gasteiger partial charge in [-0.1, -0.05) is 42.1 Å². The van der Waals surface area contributed by atoms with Crippen molar-refractivity contribution < 1.29 is 9.53 Å². The number of nitrogens with one attached hydrogen (secondary N) is 1. The van der Waals surface area contributed by atoms with E-state index in [1.165, 1.54) is 16.5 Å². The number of hydrogen-bond donors (Lipinski definition) is 1. The first-order chi connectivity index (χ1) is 15.5. The third-order valence-corrected chi connectivity index (χ3v) is 5.71. The molecule has 0 bridgehead atoms. The number of carbonyl (C=O) groups excluding carboxylic acids is 1. The van der Waals surface area contributed by atoms with Crippen molar-refractivity contribution >= 4 is 40.8 Å². The molecule has 0 unspecified atom stereocenters. The van der Waals surface area contributed by atoms with E-state index in [1.807, 2.05) is 6.07 Å². The number of fused-ring (bicyclic) bond motifs is 1. The molecule has 162 valence electrons. The van der Waals surface area contributed by atoms with Gasteiger partial charge in [-0.05, 0) is 49.2 Å². The summed E-state index contributed by atoms with van der Waals surface area (Å²) in [5.41, 5.74) is -0.405. The normalized spacial score (nSPS) is 14.3. The van der Waals surface area contributed by atoms with Crippen LogP contribution in [0.25, 0.3) is 11.7 Å². The van der Waals surface area contributed by atoms with E-state index in [0.29, 0.717) is 10.7 Å². The minimum absolute atomic E-state index is 0.0265. The zero-order chi connectivity index (χ0) is 22.7. The highest BCUT2D eigenvalue weighted by Crippen LogP contribution is 2.32. The van der Waals surface area contributed by atoms with Crippen LogP contribution in [0.5, 0.6) is 11.6 Å². The van der Waals surface area contributed by atoms with Crippen molar-refractivity contribution in [2.45, 2.75) is 31.7 Å². The van der Waals surface area contributed by atoms with Crippen LogP contribution < -0.4 is 15.6 Å². The average Bonchev–Trinajstić information content (AvgIpc) is 3.28. The summed E-state index contributed by atoms with van der Waals surface area (Å²) in [6.45, 7) is 0. The number of rotatable bonds is 5. The zero-order valence-electron chi connectivity index (χ0n) is 16.8. The van der Waals surface area contributed by atoms with Crippen LogP contribution in [-0.2, 0) is 4.79 Å². The monoisotopic (exact) mass is 468 g/mol. The van der Waals surface area contributed by atoms with Crippen LogP contribution in [0.4, 0.5) is 0 Å². The molecule has 1 N–H and O–H groups in total. The summed E-state index contributed by atoms with van der Waals surface area (Å²) >= 11 is 12.2. The van der Waals surface area contributed by atoms with Gasteiger partial charge in [-0.15, -0.1) is 0 Å². The first kappa shape index (κ1) is 21.9. The Balaban J connectivity index is 1.80. The Morgan fingerprint density at radius 1 is 1.25 bits per heavy atom. The molecule has 1 aromatic carbocycles. The summed E-state index contributed by atoms with van der Waals surface area (Å²) < 4.78 is 7.15. The summed E-state index contributed by atoms with van der Waals surface area (Å²) in [4.78, 5) is 30.3. The van der Waals surface area contributed by atoms with Crippen molar-refractivity contribution in [3.63, 3.8) is 0 Å². The second-order valence-electron chi connectivity index (χ2n) is 7.37. The first-order valence-electron chi connectivity index (χ1n) is 10.0. The number of halogens is 2. The van der Waals surface area contributed by atoms with E-state index in [1.54, 1.807) is 36.5 Å². The number of pyridine rings is 1. The van der Waals surface area contributed by atoms with Gasteiger partial charge in [0.2, 0.25) is 5.88 Å². The Labute approximate surface area is 193 Å². The largest absolute Gasteiger partial charge is 0.437 e. The Kier molecular flexibility index (Phi) is 6.45. The van der Waals surface area contributed by atoms with Gasteiger partial charge in [-0.2, -0.15) is 10.2 Å². The van der Waals surface area contributed by atoms with Crippen LogP contribution in [-0.4, -0.2) is 21.3 Å². The number of aromatic nitrogens is 2. The highest BCUT2D eigenvalue weighted by atomic mass is 35.5. The maximum atomic E-state index is 13.2. The maximum Gasteiger partial charge on any atom is 0.269 e. The number of nitrogens with zero attached hydrogens (tertiary/aromatic N) is 3. The Morgan fingerprint density at radius 2 is 2.03 bits per heavy atom. The van der Waals surface area contributed by atoms with Crippen LogP contribution in [0.3, 0.4) is 0 Å². The van der Waals surface area contributed by atoms with Crippen LogP contribution in [0, 0.1) is 11.3 Å². The quantitative estimate of drug-likeness (QED) is 0.430. The molecule has 1 saturated carbocycles. The van der Waals surface area contributed by atoms with Crippen LogP contribution in [0.1, 0.15) is 31.2 Å². The van der Waals surface area contributed by atoms with Crippen molar-refractivity contribution in [2.75, 3.05) is 0 Å². The Morgan fingerprint density at radius 3 is 2.75 bits per heavy atom. The SMILES string of the molecule is N#C/C(=C\c1c(Oc2ccc(Cl)cc2Cl)nc2ccccn2c1=O)C(=O)NC1CCCC1. The molecule has 1 fully saturated rings. The van der Waals surface area contributed by atoms with Gasteiger partial charge in [0.25, 0.3) is 11.5 Å². The lowest BCUT2D eigenvalue weighted by Crippen LogP contribution is -2.33. The second-order valence-corrected chi connectivity index (χ2v) is 8.21. The van der Waals surface area contributed by atoms with Gasteiger partial charge < -0.3 is 10.1 Å². The summed E-state index contributed by atoms with van der Waals surface area (Å²) in [7, 11) is 0. The van der Waals surface area contributed by atoms with Crippen molar-refractivity contribution in [1.82, 2.24) is 14.7 Å². The molecular weight excluding hydrogens is 451 g/mol. The molecule has 0 aliphatic heterocycles. The number of benzene rings is 1. The number of nitriles is 1. The molecule has 2 aromatic heterocycles. The number of ether oxygens (including phenoxy) is 1. The van der Waals surface area contributed by atoms with Gasteiger partial charge in [-0.25, -0.2) is 0 Å². The topological polar surface area (TPSA) is 96.5 Å². The predicted molar refractivity (Wildman–Crippen MR) is 122 cm³/mol. The summed E-state index contributed by atoms with van der Waals surface area (Å²) in [5, 5.41) is 13.1. The fourth-order valence-corrected chi connectivity index (χ4v) is 4.02. The third-order valence-electron chi connectivity index (χ3n) is 5.18. The molecule has 1 aliphatic rings. The average molecular weight is 469 g/mol. The fourth-order valence-electron chi connectivity index (χ4n) is 3.57. The Hall–Kier alpha value is -3.34. The molecule has 1 amide bonds. The number of hydrogen-bond acceptors (Lipinski definition) is 5. The van der Waals surface area contributed by atoms with Gasteiger partial charge >= 0.3 is 0 Å². The minimum Gasteiger partial charge on any atom is -0.437 e. The van der Waals surface area contributed by atoms with Gasteiger partial charge in [0.15, 0.2) is 0 Å². The van der Waals surface area contributed by atoms with Gasteiger partial charge in [0.1, 0.15) is 28.6 Å². The molecule has 32 heavy (non-hydrogen) atoms. The molecule has 0 spiro atoms. The van der Waals surface area contributed by atoms with E-state index in [4.69, 9.17) is 27.9 Å². The number of carbonyl (C=O) groups is 1. The summed E-state index contributed by atoms with van der Waals surface area (Å²) in [5.74, 6) is -0.383. The molecule has 2 heterocycles. The standard InChI is InChI=1S/C23H18Cl2N4O3/c24-15-8-9-19(18(25)12-15)32-22-17(23(31)29-10-4-3-7-20(29)28-22)11-14(13-26)21(30)27-16-5-1-2-6-16/h3-4,7-12,16H,1-2,5-6H2,(H,27,30)/b14-11+. The van der Waals surface area contributed by atoms with Crippen LogP contribution >= 0.6 is 23.2 Å². The lowest BCUT2D eigenvalue weighted by Gasteiger charge is -2.13. The highest BCUT2D eigenvalue weighted by Gasteiger charge is 2.21. The van der Waals surface area contributed by atoms with E-state index >= 15 is 0 Å². The summed E-state index contributed by atoms with van der Waals surface area (Å²) in [6.07, 6.45) is 6.56. The maximum absolute atomic E-state index is 13.2. The molecule has 0 radical (unpaired) electrons. The van der Waals surface area contributed by atoms with E-state index in [2.05, 4.69) is 10.3 Å². The summed E-state index contributed by atoms with van der Waals surface area (Å²) in [6, 6.07) is 11.6. The van der Waals surface area contributed by atoms with Gasteiger partial charge in [-0.3, -0.25) is 14.0 Å². The number of amides is 1. The van der Waals surface area contributed by atoms with Gasteiger partial charge in [0.05, 0.1) is 5.02 Å². The van der Waals surface area contributed by atoms with Gasteiger partial charge in [0, 0.05) is 17.3 Å². The van der Waals surface area contributed by atoms with Crippen LogP contribution in [0.15, 0.2) is 53.0 Å².